The van der Waals surface area contributed by atoms with Crippen LogP contribution in [0.3, 0.4) is 0 Å². The van der Waals surface area contributed by atoms with E-state index in [1.165, 1.54) is 16.8 Å². The van der Waals surface area contributed by atoms with E-state index >= 15 is 0 Å². The van der Waals surface area contributed by atoms with Crippen LogP contribution in [0.15, 0.2) is 55.1 Å². The monoisotopic (exact) mass is 336 g/mol. The Kier molecular flexibility index (Phi) is 5.00. The summed E-state index contributed by atoms with van der Waals surface area (Å²) in [6, 6.07) is 12.3. The molecule has 0 aliphatic rings. The van der Waals surface area contributed by atoms with E-state index in [0.717, 1.165) is 5.82 Å². The van der Waals surface area contributed by atoms with Crippen LogP contribution in [0.25, 0.3) is 11.5 Å². The minimum Gasteiger partial charge on any atom is -0.389 e. The first kappa shape index (κ1) is 17.4. The summed E-state index contributed by atoms with van der Waals surface area (Å²) >= 11 is 0. The van der Waals surface area contributed by atoms with Crippen LogP contribution in [-0.2, 0) is 6.61 Å². The van der Waals surface area contributed by atoms with Crippen molar-refractivity contribution < 1.29 is 9.67 Å². The molecule has 2 aromatic heterocycles. The SMILES string of the molecule is CC(C)c1cccc(C(C)C)c1-n1cc[n+](-c2cccc(CO)n2)c1. The van der Waals surface area contributed by atoms with Crippen molar-refractivity contribution >= 4 is 0 Å². The molecule has 0 aliphatic carbocycles. The van der Waals surface area contributed by atoms with Crippen molar-refractivity contribution in [1.82, 2.24) is 9.55 Å². The van der Waals surface area contributed by atoms with Gasteiger partial charge in [0.25, 0.3) is 5.82 Å². The van der Waals surface area contributed by atoms with Gasteiger partial charge in [-0.25, -0.2) is 9.13 Å². The van der Waals surface area contributed by atoms with Crippen LogP contribution >= 0.6 is 0 Å². The quantitative estimate of drug-likeness (QED) is 0.718. The fraction of sp³-hybridized carbons (Fsp3) is 0.333. The Hall–Kier alpha value is -2.46. The number of para-hydroxylation sites is 1. The van der Waals surface area contributed by atoms with Gasteiger partial charge < -0.3 is 5.11 Å². The molecule has 25 heavy (non-hydrogen) atoms. The number of aromatic nitrogens is 3. The highest BCUT2D eigenvalue weighted by Crippen LogP contribution is 2.30. The largest absolute Gasteiger partial charge is 0.389 e. The topological polar surface area (TPSA) is 41.9 Å². The number of aliphatic hydroxyl groups excluding tert-OH is 1. The molecule has 130 valence electrons. The predicted octanol–water partition coefficient (Wildman–Crippen LogP) is 3.89. The van der Waals surface area contributed by atoms with Crippen LogP contribution in [-0.4, -0.2) is 14.7 Å². The van der Waals surface area contributed by atoms with Crippen molar-refractivity contribution in [2.24, 2.45) is 0 Å². The number of imidazole rings is 1. The third-order valence-electron chi connectivity index (χ3n) is 4.46. The van der Waals surface area contributed by atoms with Gasteiger partial charge in [0.1, 0.15) is 24.2 Å². The molecular formula is C21H26N3O+. The molecule has 0 atom stereocenters. The summed E-state index contributed by atoms with van der Waals surface area (Å²) in [6.45, 7) is 8.86. The van der Waals surface area contributed by atoms with Crippen molar-refractivity contribution in [3.63, 3.8) is 0 Å². The zero-order chi connectivity index (χ0) is 18.0. The van der Waals surface area contributed by atoms with Gasteiger partial charge in [-0.2, -0.15) is 0 Å². The number of benzene rings is 1. The molecular weight excluding hydrogens is 310 g/mol. The van der Waals surface area contributed by atoms with Gasteiger partial charge in [-0.3, -0.25) is 0 Å². The van der Waals surface area contributed by atoms with Crippen LogP contribution < -0.4 is 4.57 Å². The molecule has 2 heterocycles. The molecule has 3 aromatic rings. The molecule has 0 aliphatic heterocycles. The molecule has 0 bridgehead atoms. The van der Waals surface area contributed by atoms with E-state index in [1.54, 1.807) is 0 Å². The van der Waals surface area contributed by atoms with Crippen molar-refractivity contribution in [3.05, 3.63) is 71.9 Å². The first-order valence-corrected chi connectivity index (χ1v) is 8.81. The number of nitrogens with zero attached hydrogens (tertiary/aromatic N) is 3. The van der Waals surface area contributed by atoms with Gasteiger partial charge >= 0.3 is 0 Å². The summed E-state index contributed by atoms with van der Waals surface area (Å²) in [6.07, 6.45) is 6.13. The molecule has 0 spiro atoms. The summed E-state index contributed by atoms with van der Waals surface area (Å²) in [4.78, 5) is 4.48. The van der Waals surface area contributed by atoms with Gasteiger partial charge in [-0.05, 0) is 29.0 Å². The lowest BCUT2D eigenvalue weighted by molar-refractivity contribution is -0.598. The molecule has 0 saturated carbocycles. The van der Waals surface area contributed by atoms with Crippen molar-refractivity contribution in [1.29, 1.82) is 0 Å². The van der Waals surface area contributed by atoms with Gasteiger partial charge in [0.05, 0.1) is 6.20 Å². The Morgan fingerprint density at radius 1 is 1.00 bits per heavy atom. The van der Waals surface area contributed by atoms with E-state index in [4.69, 9.17) is 0 Å². The molecule has 0 fully saturated rings. The zero-order valence-electron chi connectivity index (χ0n) is 15.3. The summed E-state index contributed by atoms with van der Waals surface area (Å²) in [5, 5.41) is 9.31. The Bertz CT molecular complexity index is 839. The van der Waals surface area contributed by atoms with Crippen LogP contribution in [0.5, 0.6) is 0 Å². The Morgan fingerprint density at radius 2 is 1.64 bits per heavy atom. The van der Waals surface area contributed by atoms with Gasteiger partial charge in [0.2, 0.25) is 0 Å². The molecule has 4 heteroatoms. The summed E-state index contributed by atoms with van der Waals surface area (Å²) in [7, 11) is 0. The summed E-state index contributed by atoms with van der Waals surface area (Å²) < 4.78 is 4.17. The van der Waals surface area contributed by atoms with Crippen LogP contribution in [0.1, 0.15) is 56.4 Å². The number of hydrogen-bond donors (Lipinski definition) is 1. The molecule has 0 unspecified atom stereocenters. The third kappa shape index (κ3) is 3.49. The lowest BCUT2D eigenvalue weighted by Crippen LogP contribution is -2.29. The van der Waals surface area contributed by atoms with Crippen molar-refractivity contribution in [2.45, 2.75) is 46.1 Å². The highest BCUT2D eigenvalue weighted by molar-refractivity contribution is 5.51. The van der Waals surface area contributed by atoms with Crippen molar-refractivity contribution in [3.8, 4) is 11.5 Å². The smallest absolute Gasteiger partial charge is 0.267 e. The normalized spacial score (nSPS) is 11.5. The summed E-state index contributed by atoms with van der Waals surface area (Å²) in [5.41, 5.74) is 4.60. The highest BCUT2D eigenvalue weighted by atomic mass is 16.3. The second kappa shape index (κ2) is 7.19. The van der Waals surface area contributed by atoms with E-state index < -0.39 is 0 Å². The van der Waals surface area contributed by atoms with Gasteiger partial charge in [0.15, 0.2) is 6.33 Å². The second-order valence-corrected chi connectivity index (χ2v) is 6.97. The Labute approximate surface area is 149 Å². The number of rotatable bonds is 5. The Morgan fingerprint density at radius 3 is 2.24 bits per heavy atom. The van der Waals surface area contributed by atoms with Gasteiger partial charge in [0, 0.05) is 6.07 Å². The first-order chi connectivity index (χ1) is 12.0. The Balaban J connectivity index is 2.11. The molecule has 1 N–H and O–H groups in total. The third-order valence-corrected chi connectivity index (χ3v) is 4.46. The molecule has 0 amide bonds. The standard InChI is InChI=1S/C21H26N3O/c1-15(2)18-8-6-9-19(16(3)4)21(18)24-12-11-23(14-24)20-10-5-7-17(13-25)22-20/h5-12,14-16,25H,13H2,1-4H3/q+1. The fourth-order valence-corrected chi connectivity index (χ4v) is 3.13. The second-order valence-electron chi connectivity index (χ2n) is 6.97. The van der Waals surface area contributed by atoms with Crippen LogP contribution in [0.2, 0.25) is 0 Å². The first-order valence-electron chi connectivity index (χ1n) is 8.81. The van der Waals surface area contributed by atoms with E-state index in [0.29, 0.717) is 17.5 Å². The maximum absolute atomic E-state index is 9.31. The number of pyridine rings is 1. The molecule has 0 radical (unpaired) electrons. The molecule has 0 saturated heterocycles. The summed E-state index contributed by atoms with van der Waals surface area (Å²) in [5.74, 6) is 1.69. The van der Waals surface area contributed by atoms with Gasteiger partial charge in [-0.1, -0.05) is 52.0 Å². The maximum Gasteiger partial charge on any atom is 0.267 e. The average Bonchev–Trinajstić information content (AvgIpc) is 3.10. The average molecular weight is 336 g/mol. The van der Waals surface area contributed by atoms with E-state index in [2.05, 4.69) is 68.0 Å². The van der Waals surface area contributed by atoms with Crippen LogP contribution in [0.4, 0.5) is 0 Å². The molecule has 3 rings (SSSR count). The predicted molar refractivity (Wildman–Crippen MR) is 99.2 cm³/mol. The minimum absolute atomic E-state index is 0.0528. The van der Waals surface area contributed by atoms with E-state index in [1.807, 2.05) is 29.0 Å². The van der Waals surface area contributed by atoms with Gasteiger partial charge in [-0.15, -0.1) is 4.98 Å². The van der Waals surface area contributed by atoms with E-state index in [-0.39, 0.29) is 6.61 Å². The number of hydrogen-bond acceptors (Lipinski definition) is 2. The maximum atomic E-state index is 9.31. The fourth-order valence-electron chi connectivity index (χ4n) is 3.13. The van der Waals surface area contributed by atoms with Crippen LogP contribution in [0, 0.1) is 0 Å². The van der Waals surface area contributed by atoms with Crippen molar-refractivity contribution in [2.75, 3.05) is 0 Å². The molecule has 4 nitrogen and oxygen atoms in total. The number of aliphatic hydroxyl groups is 1. The highest BCUT2D eigenvalue weighted by Gasteiger charge is 2.19. The van der Waals surface area contributed by atoms with E-state index in [9.17, 15) is 5.11 Å². The zero-order valence-corrected chi connectivity index (χ0v) is 15.3. The minimum atomic E-state index is -0.0528. The lowest BCUT2D eigenvalue weighted by atomic mass is 9.92. The molecule has 1 aromatic carbocycles. The lowest BCUT2D eigenvalue weighted by Gasteiger charge is -2.17.